The third-order valence-corrected chi connectivity index (χ3v) is 3.70. The molecule has 1 fully saturated rings. The zero-order chi connectivity index (χ0) is 12.3. The number of Topliss-reactive ketones (excluding diaryl/α,β-unsaturated/α-hetero) is 1. The Hall–Kier alpha value is -0.570. The summed E-state index contributed by atoms with van der Waals surface area (Å²) in [5.41, 5.74) is 0.623. The van der Waals surface area contributed by atoms with Crippen LogP contribution in [0.5, 0.6) is 0 Å². The maximum Gasteiger partial charge on any atom is 0.163 e. The number of carbonyl (C=O) groups is 1. The SMILES string of the molecule is O=C(CCC1CCCO1)c1ccc(Cl)c(Cl)c1. The number of hydrogen-bond acceptors (Lipinski definition) is 2. The van der Waals surface area contributed by atoms with E-state index in [1.165, 1.54) is 0 Å². The summed E-state index contributed by atoms with van der Waals surface area (Å²) in [5, 5.41) is 0.900. The molecule has 1 heterocycles. The van der Waals surface area contributed by atoms with E-state index in [2.05, 4.69) is 0 Å². The Morgan fingerprint density at radius 2 is 2.18 bits per heavy atom. The molecule has 92 valence electrons. The number of hydrogen-bond donors (Lipinski definition) is 0. The maximum absolute atomic E-state index is 11.9. The van der Waals surface area contributed by atoms with E-state index in [4.69, 9.17) is 27.9 Å². The topological polar surface area (TPSA) is 26.3 Å². The largest absolute Gasteiger partial charge is 0.378 e. The van der Waals surface area contributed by atoms with Crippen LogP contribution in [0.25, 0.3) is 0 Å². The summed E-state index contributed by atoms with van der Waals surface area (Å²) in [7, 11) is 0. The van der Waals surface area contributed by atoms with E-state index >= 15 is 0 Å². The van der Waals surface area contributed by atoms with Gasteiger partial charge in [-0.05, 0) is 37.5 Å². The van der Waals surface area contributed by atoms with Crippen LogP contribution in [0.2, 0.25) is 10.0 Å². The normalized spacial score (nSPS) is 19.5. The first kappa shape index (κ1) is 12.9. The highest BCUT2D eigenvalue weighted by molar-refractivity contribution is 6.42. The van der Waals surface area contributed by atoms with Crippen molar-refractivity contribution in [3.8, 4) is 0 Å². The van der Waals surface area contributed by atoms with Crippen LogP contribution < -0.4 is 0 Å². The van der Waals surface area contributed by atoms with E-state index in [-0.39, 0.29) is 11.9 Å². The van der Waals surface area contributed by atoms with E-state index < -0.39 is 0 Å². The van der Waals surface area contributed by atoms with E-state index in [0.717, 1.165) is 25.9 Å². The van der Waals surface area contributed by atoms with Crippen molar-refractivity contribution in [2.75, 3.05) is 6.61 Å². The molecule has 1 aromatic carbocycles. The Kier molecular flexibility index (Phi) is 4.43. The Morgan fingerprint density at radius 3 is 2.82 bits per heavy atom. The summed E-state index contributed by atoms with van der Waals surface area (Å²) in [6.45, 7) is 0.825. The van der Waals surface area contributed by atoms with Crippen LogP contribution in [0.3, 0.4) is 0 Å². The molecule has 0 saturated carbocycles. The monoisotopic (exact) mass is 272 g/mol. The molecular formula is C13H14Cl2O2. The van der Waals surface area contributed by atoms with Gasteiger partial charge in [0.2, 0.25) is 0 Å². The van der Waals surface area contributed by atoms with Crippen LogP contribution in [0.1, 0.15) is 36.0 Å². The molecule has 1 unspecified atom stereocenters. The van der Waals surface area contributed by atoms with Gasteiger partial charge in [0.25, 0.3) is 0 Å². The first-order chi connectivity index (χ1) is 8.16. The van der Waals surface area contributed by atoms with Crippen LogP contribution in [-0.4, -0.2) is 18.5 Å². The number of carbonyl (C=O) groups excluding carboxylic acids is 1. The molecule has 0 bridgehead atoms. The molecule has 1 aromatic rings. The lowest BCUT2D eigenvalue weighted by Crippen LogP contribution is -2.08. The molecule has 0 amide bonds. The van der Waals surface area contributed by atoms with Crippen molar-refractivity contribution in [2.45, 2.75) is 31.8 Å². The standard InChI is InChI=1S/C13H14Cl2O2/c14-11-5-3-9(8-12(11)15)13(16)6-4-10-2-1-7-17-10/h3,5,8,10H,1-2,4,6-7H2. The van der Waals surface area contributed by atoms with Crippen molar-refractivity contribution < 1.29 is 9.53 Å². The predicted molar refractivity (Wildman–Crippen MR) is 69.0 cm³/mol. The van der Waals surface area contributed by atoms with E-state index in [1.54, 1.807) is 18.2 Å². The molecule has 4 heteroatoms. The fourth-order valence-electron chi connectivity index (χ4n) is 1.98. The third kappa shape index (κ3) is 3.44. The molecule has 0 N–H and O–H groups in total. The van der Waals surface area contributed by atoms with Crippen LogP contribution in [0.15, 0.2) is 18.2 Å². The second kappa shape index (κ2) is 5.85. The van der Waals surface area contributed by atoms with E-state index in [9.17, 15) is 4.79 Å². The summed E-state index contributed by atoms with van der Waals surface area (Å²) < 4.78 is 5.48. The van der Waals surface area contributed by atoms with Gasteiger partial charge >= 0.3 is 0 Å². The van der Waals surface area contributed by atoms with Gasteiger partial charge in [0.1, 0.15) is 0 Å². The molecule has 0 spiro atoms. The molecule has 1 aliphatic heterocycles. The zero-order valence-electron chi connectivity index (χ0n) is 9.42. The average Bonchev–Trinajstić information content (AvgIpc) is 2.82. The molecule has 2 nitrogen and oxygen atoms in total. The van der Waals surface area contributed by atoms with Gasteiger partial charge in [-0.2, -0.15) is 0 Å². The molecule has 17 heavy (non-hydrogen) atoms. The van der Waals surface area contributed by atoms with E-state index in [1.807, 2.05) is 0 Å². The van der Waals surface area contributed by atoms with Crippen molar-refractivity contribution in [3.05, 3.63) is 33.8 Å². The van der Waals surface area contributed by atoms with Gasteiger partial charge in [-0.1, -0.05) is 23.2 Å². The fourth-order valence-corrected chi connectivity index (χ4v) is 2.28. The lowest BCUT2D eigenvalue weighted by molar-refractivity contribution is 0.0859. The first-order valence-corrected chi connectivity index (χ1v) is 6.52. The number of ether oxygens (including phenoxy) is 1. The second-order valence-electron chi connectivity index (χ2n) is 4.23. The molecule has 0 aliphatic carbocycles. The Bertz CT molecular complexity index is 412. The van der Waals surface area contributed by atoms with Crippen LogP contribution >= 0.6 is 23.2 Å². The number of rotatable bonds is 4. The van der Waals surface area contributed by atoms with Gasteiger partial charge in [0, 0.05) is 18.6 Å². The number of benzene rings is 1. The van der Waals surface area contributed by atoms with Crippen molar-refractivity contribution in [2.24, 2.45) is 0 Å². The number of halogens is 2. The lowest BCUT2D eigenvalue weighted by atomic mass is 10.0. The van der Waals surface area contributed by atoms with Gasteiger partial charge in [0.05, 0.1) is 16.1 Å². The Labute approximate surface area is 111 Å². The lowest BCUT2D eigenvalue weighted by Gasteiger charge is -2.08. The number of ketones is 1. The van der Waals surface area contributed by atoms with Crippen molar-refractivity contribution in [1.29, 1.82) is 0 Å². The molecule has 2 rings (SSSR count). The Balaban J connectivity index is 1.92. The van der Waals surface area contributed by atoms with Crippen molar-refractivity contribution in [1.82, 2.24) is 0 Å². The summed E-state index contributed by atoms with van der Waals surface area (Å²) in [5.74, 6) is 0.0964. The predicted octanol–water partition coefficient (Wildman–Crippen LogP) is 4.14. The minimum Gasteiger partial charge on any atom is -0.378 e. The maximum atomic E-state index is 11.9. The molecule has 0 radical (unpaired) electrons. The quantitative estimate of drug-likeness (QED) is 0.771. The molecule has 0 aromatic heterocycles. The zero-order valence-corrected chi connectivity index (χ0v) is 10.9. The summed E-state index contributed by atoms with van der Waals surface area (Å²) in [4.78, 5) is 11.9. The molecule has 1 atom stereocenters. The second-order valence-corrected chi connectivity index (χ2v) is 5.04. The third-order valence-electron chi connectivity index (χ3n) is 2.96. The molecule has 1 saturated heterocycles. The van der Waals surface area contributed by atoms with Crippen LogP contribution in [0.4, 0.5) is 0 Å². The van der Waals surface area contributed by atoms with Gasteiger partial charge in [-0.15, -0.1) is 0 Å². The highest BCUT2D eigenvalue weighted by Crippen LogP contribution is 2.24. The molecule has 1 aliphatic rings. The van der Waals surface area contributed by atoms with Crippen LogP contribution in [-0.2, 0) is 4.74 Å². The van der Waals surface area contributed by atoms with Crippen molar-refractivity contribution in [3.63, 3.8) is 0 Å². The van der Waals surface area contributed by atoms with Crippen LogP contribution in [0, 0.1) is 0 Å². The summed E-state index contributed by atoms with van der Waals surface area (Å²) >= 11 is 11.7. The van der Waals surface area contributed by atoms with Crippen molar-refractivity contribution >= 4 is 29.0 Å². The van der Waals surface area contributed by atoms with Gasteiger partial charge in [0.15, 0.2) is 5.78 Å². The highest BCUT2D eigenvalue weighted by Gasteiger charge is 2.17. The smallest absolute Gasteiger partial charge is 0.163 e. The first-order valence-electron chi connectivity index (χ1n) is 5.76. The fraction of sp³-hybridized carbons (Fsp3) is 0.462. The van der Waals surface area contributed by atoms with Gasteiger partial charge < -0.3 is 4.74 Å². The Morgan fingerprint density at radius 1 is 1.35 bits per heavy atom. The molecular weight excluding hydrogens is 259 g/mol. The minimum atomic E-state index is 0.0964. The average molecular weight is 273 g/mol. The van der Waals surface area contributed by atoms with E-state index in [0.29, 0.717) is 22.0 Å². The van der Waals surface area contributed by atoms with Gasteiger partial charge in [-0.25, -0.2) is 0 Å². The van der Waals surface area contributed by atoms with Gasteiger partial charge in [-0.3, -0.25) is 4.79 Å². The highest BCUT2D eigenvalue weighted by atomic mass is 35.5. The summed E-state index contributed by atoms with van der Waals surface area (Å²) in [6, 6.07) is 5.00. The summed E-state index contributed by atoms with van der Waals surface area (Å²) in [6.07, 6.45) is 3.71. The minimum absolute atomic E-state index is 0.0964.